The molecule has 3 rings (SSSR count). The molecule has 1 unspecified atom stereocenters. The second kappa shape index (κ2) is 5.14. The zero-order valence-corrected chi connectivity index (χ0v) is 11.5. The molecule has 0 aromatic carbocycles. The maximum Gasteiger partial charge on any atom is 0.203 e. The maximum atomic E-state index is 4.47. The summed E-state index contributed by atoms with van der Waals surface area (Å²) in [5.41, 5.74) is 1.33. The second-order valence-corrected chi connectivity index (χ2v) is 5.80. The fourth-order valence-corrected chi connectivity index (χ4v) is 3.45. The summed E-state index contributed by atoms with van der Waals surface area (Å²) < 4.78 is 2.32. The minimum atomic E-state index is 0.318. The molecule has 2 heterocycles. The molecule has 0 spiro atoms. The van der Waals surface area contributed by atoms with Gasteiger partial charge in [-0.3, -0.25) is 0 Å². The Kier molecular flexibility index (Phi) is 3.37. The van der Waals surface area contributed by atoms with E-state index in [1.165, 1.54) is 31.2 Å². The van der Waals surface area contributed by atoms with E-state index in [4.69, 9.17) is 0 Å². The fourth-order valence-electron chi connectivity index (χ4n) is 2.70. The number of imidazole rings is 1. The molecule has 2 aromatic heterocycles. The van der Waals surface area contributed by atoms with Crippen LogP contribution in [0.5, 0.6) is 0 Å². The Morgan fingerprint density at radius 2 is 2.28 bits per heavy atom. The van der Waals surface area contributed by atoms with Crippen LogP contribution in [0.25, 0.3) is 0 Å². The maximum absolute atomic E-state index is 4.47. The van der Waals surface area contributed by atoms with Crippen LogP contribution in [0.2, 0.25) is 0 Å². The summed E-state index contributed by atoms with van der Waals surface area (Å²) in [6.07, 6.45) is 9.29. The fraction of sp³-hybridized carbons (Fsp3) is 0.500. The van der Waals surface area contributed by atoms with Crippen LogP contribution in [0.3, 0.4) is 0 Å². The summed E-state index contributed by atoms with van der Waals surface area (Å²) >= 11 is 1.74. The smallest absolute Gasteiger partial charge is 0.203 e. The molecule has 0 bridgehead atoms. The zero-order chi connectivity index (χ0) is 12.4. The molecule has 1 N–H and O–H groups in total. The lowest BCUT2D eigenvalue weighted by Gasteiger charge is -2.18. The molecule has 1 fully saturated rings. The largest absolute Gasteiger partial charge is 0.349 e. The van der Waals surface area contributed by atoms with Crippen LogP contribution in [0.15, 0.2) is 29.2 Å². The molecule has 96 valence electrons. The van der Waals surface area contributed by atoms with Crippen molar-refractivity contribution in [3.63, 3.8) is 0 Å². The van der Waals surface area contributed by atoms with Gasteiger partial charge in [0.1, 0.15) is 0 Å². The van der Waals surface area contributed by atoms with E-state index in [1.807, 2.05) is 6.20 Å². The number of hydrogen-bond donors (Lipinski definition) is 1. The Morgan fingerprint density at radius 1 is 1.44 bits per heavy atom. The Hall–Kier alpha value is -1.29. The van der Waals surface area contributed by atoms with Gasteiger partial charge in [0.25, 0.3) is 0 Å². The molecular weight excluding hydrogens is 242 g/mol. The Bertz CT molecular complexity index is 483. The van der Waals surface area contributed by atoms with Crippen LogP contribution in [0.4, 0.5) is 5.95 Å². The first-order valence-electron chi connectivity index (χ1n) is 6.66. The van der Waals surface area contributed by atoms with Gasteiger partial charge in [-0.15, -0.1) is 0 Å². The minimum Gasteiger partial charge on any atom is -0.349 e. The van der Waals surface area contributed by atoms with E-state index in [9.17, 15) is 0 Å². The number of aromatic nitrogens is 2. The Morgan fingerprint density at radius 3 is 3.00 bits per heavy atom. The molecule has 0 radical (unpaired) electrons. The molecule has 1 aliphatic carbocycles. The standard InChI is InChI=1S/C14H19N3S/c1-11(12-6-9-18-10-12)16-14-15-7-8-17(14)13-4-2-3-5-13/h6-11,13H,2-5H2,1H3,(H,15,16). The highest BCUT2D eigenvalue weighted by atomic mass is 32.1. The summed E-state index contributed by atoms with van der Waals surface area (Å²) in [5, 5.41) is 7.85. The van der Waals surface area contributed by atoms with Crippen molar-refractivity contribution in [2.24, 2.45) is 0 Å². The predicted molar refractivity (Wildman–Crippen MR) is 76.1 cm³/mol. The van der Waals surface area contributed by atoms with Gasteiger partial charge in [0.05, 0.1) is 6.04 Å². The normalized spacial score (nSPS) is 18.1. The summed E-state index contributed by atoms with van der Waals surface area (Å²) in [6, 6.07) is 3.13. The van der Waals surface area contributed by atoms with Gasteiger partial charge in [0.2, 0.25) is 5.95 Å². The number of hydrogen-bond acceptors (Lipinski definition) is 3. The van der Waals surface area contributed by atoms with E-state index in [1.54, 1.807) is 11.3 Å². The molecule has 0 aliphatic heterocycles. The van der Waals surface area contributed by atoms with Gasteiger partial charge in [-0.1, -0.05) is 12.8 Å². The van der Waals surface area contributed by atoms with Crippen LogP contribution < -0.4 is 5.32 Å². The summed E-state index contributed by atoms with van der Waals surface area (Å²) in [7, 11) is 0. The highest BCUT2D eigenvalue weighted by molar-refractivity contribution is 7.07. The third kappa shape index (κ3) is 2.29. The quantitative estimate of drug-likeness (QED) is 0.892. The zero-order valence-electron chi connectivity index (χ0n) is 10.7. The minimum absolute atomic E-state index is 0.318. The van der Waals surface area contributed by atoms with Crippen LogP contribution in [-0.4, -0.2) is 9.55 Å². The summed E-state index contributed by atoms with van der Waals surface area (Å²) in [4.78, 5) is 4.47. The average Bonchev–Trinajstić information content (AvgIpc) is 3.11. The first-order valence-corrected chi connectivity index (χ1v) is 7.60. The van der Waals surface area contributed by atoms with Crippen LogP contribution >= 0.6 is 11.3 Å². The Labute approximate surface area is 112 Å². The van der Waals surface area contributed by atoms with Crippen LogP contribution in [0.1, 0.15) is 50.3 Å². The third-order valence-electron chi connectivity index (χ3n) is 3.78. The molecule has 1 atom stereocenters. The van der Waals surface area contributed by atoms with Crippen molar-refractivity contribution in [2.75, 3.05) is 5.32 Å². The van der Waals surface area contributed by atoms with Gasteiger partial charge >= 0.3 is 0 Å². The summed E-state index contributed by atoms with van der Waals surface area (Å²) in [5.74, 6) is 1.01. The monoisotopic (exact) mass is 261 g/mol. The number of rotatable bonds is 4. The molecule has 0 saturated heterocycles. The van der Waals surface area contributed by atoms with Crippen molar-refractivity contribution < 1.29 is 0 Å². The molecule has 18 heavy (non-hydrogen) atoms. The van der Waals surface area contributed by atoms with Gasteiger partial charge < -0.3 is 9.88 Å². The lowest BCUT2D eigenvalue weighted by Crippen LogP contribution is -2.13. The van der Waals surface area contributed by atoms with Crippen molar-refractivity contribution in [3.8, 4) is 0 Å². The van der Waals surface area contributed by atoms with Crippen molar-refractivity contribution in [1.29, 1.82) is 0 Å². The van der Waals surface area contributed by atoms with Crippen LogP contribution in [-0.2, 0) is 0 Å². The van der Waals surface area contributed by atoms with Gasteiger partial charge in [0, 0.05) is 18.4 Å². The van der Waals surface area contributed by atoms with Gasteiger partial charge in [-0.05, 0) is 42.2 Å². The van der Waals surface area contributed by atoms with E-state index in [0.717, 1.165) is 5.95 Å². The molecule has 1 saturated carbocycles. The topological polar surface area (TPSA) is 29.9 Å². The molecule has 0 amide bonds. The van der Waals surface area contributed by atoms with Crippen molar-refractivity contribution in [2.45, 2.75) is 44.7 Å². The molecule has 3 nitrogen and oxygen atoms in total. The van der Waals surface area contributed by atoms with Crippen LogP contribution in [0, 0.1) is 0 Å². The van der Waals surface area contributed by atoms with E-state index in [0.29, 0.717) is 12.1 Å². The number of anilines is 1. The van der Waals surface area contributed by atoms with Crippen molar-refractivity contribution >= 4 is 17.3 Å². The van der Waals surface area contributed by atoms with Gasteiger partial charge in [-0.2, -0.15) is 11.3 Å². The lowest BCUT2D eigenvalue weighted by atomic mass is 10.2. The summed E-state index contributed by atoms with van der Waals surface area (Å²) in [6.45, 7) is 2.19. The second-order valence-electron chi connectivity index (χ2n) is 5.02. The SMILES string of the molecule is CC(Nc1nccn1C1CCCC1)c1ccsc1. The Balaban J connectivity index is 1.74. The first-order chi connectivity index (χ1) is 8.84. The number of thiophene rings is 1. The predicted octanol–water partition coefficient (Wildman–Crippen LogP) is 4.23. The van der Waals surface area contributed by atoms with E-state index < -0.39 is 0 Å². The van der Waals surface area contributed by atoms with Crippen molar-refractivity contribution in [1.82, 2.24) is 9.55 Å². The molecular formula is C14H19N3S. The number of nitrogens with one attached hydrogen (secondary N) is 1. The highest BCUT2D eigenvalue weighted by Gasteiger charge is 2.20. The van der Waals surface area contributed by atoms with E-state index in [2.05, 4.69) is 44.8 Å². The van der Waals surface area contributed by atoms with Gasteiger partial charge in [-0.25, -0.2) is 4.98 Å². The third-order valence-corrected chi connectivity index (χ3v) is 4.48. The average molecular weight is 261 g/mol. The highest BCUT2D eigenvalue weighted by Crippen LogP contribution is 2.32. The lowest BCUT2D eigenvalue weighted by molar-refractivity contribution is 0.521. The molecule has 2 aromatic rings. The van der Waals surface area contributed by atoms with Crippen molar-refractivity contribution in [3.05, 3.63) is 34.8 Å². The van der Waals surface area contributed by atoms with E-state index in [-0.39, 0.29) is 0 Å². The first kappa shape index (κ1) is 11.8. The number of nitrogens with zero attached hydrogens (tertiary/aromatic N) is 2. The molecule has 4 heteroatoms. The van der Waals surface area contributed by atoms with Gasteiger partial charge in [0.15, 0.2) is 0 Å². The van der Waals surface area contributed by atoms with E-state index >= 15 is 0 Å². The molecule has 1 aliphatic rings.